The zero-order chi connectivity index (χ0) is 17.0. The molecule has 2 heterocycles. The third-order valence-corrected chi connectivity index (χ3v) is 6.17. The van der Waals surface area contributed by atoms with Gasteiger partial charge in [0.1, 0.15) is 10.0 Å². The molecule has 0 atom stereocenters. The number of benzene rings is 1. The summed E-state index contributed by atoms with van der Waals surface area (Å²) in [6.45, 7) is 2.11. The molecule has 0 spiro atoms. The monoisotopic (exact) mass is 359 g/mol. The number of aromatic nitrogens is 1. The van der Waals surface area contributed by atoms with E-state index in [2.05, 4.69) is 34.1 Å². The summed E-state index contributed by atoms with van der Waals surface area (Å²) < 4.78 is 27.0. The molecule has 1 aromatic carbocycles. The number of rotatable bonds is 6. The highest BCUT2D eigenvalue weighted by molar-refractivity contribution is 7.94. The first-order valence-corrected chi connectivity index (χ1v) is 9.81. The molecule has 0 aliphatic heterocycles. The van der Waals surface area contributed by atoms with Gasteiger partial charge in [-0.15, -0.1) is 11.3 Å². The predicted molar refractivity (Wildman–Crippen MR) is 98.5 cm³/mol. The molecule has 124 valence electrons. The number of thiophene rings is 1. The number of pyridine rings is 1. The second kappa shape index (κ2) is 7.02. The fourth-order valence-corrected chi connectivity index (χ4v) is 4.12. The van der Waals surface area contributed by atoms with E-state index in [-0.39, 0.29) is 10.0 Å². The molecular formula is C17H17N3O2S2. The minimum Gasteiger partial charge on any atom is -0.354 e. The van der Waals surface area contributed by atoms with Gasteiger partial charge in [0.2, 0.25) is 0 Å². The Labute approximate surface area is 145 Å². The molecule has 24 heavy (non-hydrogen) atoms. The smallest absolute Gasteiger partial charge is 0.272 e. The molecule has 0 fully saturated rings. The third-order valence-electron chi connectivity index (χ3n) is 3.41. The van der Waals surface area contributed by atoms with Crippen molar-refractivity contribution in [2.24, 2.45) is 0 Å². The van der Waals surface area contributed by atoms with Crippen molar-refractivity contribution < 1.29 is 8.42 Å². The number of nitrogens with one attached hydrogen (secondary N) is 2. The maximum atomic E-state index is 12.1. The molecule has 0 saturated heterocycles. The number of nitrogens with zero attached hydrogens (tertiary/aromatic N) is 1. The van der Waals surface area contributed by atoms with Crippen molar-refractivity contribution in [1.29, 1.82) is 0 Å². The first-order chi connectivity index (χ1) is 11.6. The molecule has 0 radical (unpaired) electrons. The van der Waals surface area contributed by atoms with Crippen molar-refractivity contribution in [2.45, 2.75) is 17.6 Å². The molecule has 2 aromatic heterocycles. The summed E-state index contributed by atoms with van der Waals surface area (Å²) in [7, 11) is -3.56. The van der Waals surface area contributed by atoms with Gasteiger partial charge in [0, 0.05) is 5.69 Å². The zero-order valence-electron chi connectivity index (χ0n) is 13.1. The number of hydrogen-bond acceptors (Lipinski definition) is 5. The largest absolute Gasteiger partial charge is 0.354 e. The van der Waals surface area contributed by atoms with Gasteiger partial charge < -0.3 is 5.32 Å². The van der Waals surface area contributed by atoms with E-state index in [0.29, 0.717) is 0 Å². The van der Waals surface area contributed by atoms with Crippen LogP contribution in [-0.4, -0.2) is 13.4 Å². The summed E-state index contributed by atoms with van der Waals surface area (Å²) in [6, 6.07) is 14.8. The van der Waals surface area contributed by atoms with Crippen LogP contribution < -0.4 is 10.0 Å². The van der Waals surface area contributed by atoms with Crippen LogP contribution in [0, 0.1) is 0 Å². The van der Waals surface area contributed by atoms with Crippen LogP contribution in [0.4, 0.5) is 17.2 Å². The molecule has 3 rings (SSSR count). The predicted octanol–water partition coefficient (Wildman–Crippen LogP) is 4.25. The first kappa shape index (κ1) is 16.5. The van der Waals surface area contributed by atoms with Gasteiger partial charge in [0.25, 0.3) is 10.0 Å². The molecule has 2 N–H and O–H groups in total. The summed E-state index contributed by atoms with van der Waals surface area (Å²) in [5.74, 6) is 0.287. The van der Waals surface area contributed by atoms with Crippen molar-refractivity contribution in [3.63, 3.8) is 0 Å². The van der Waals surface area contributed by atoms with Crippen LogP contribution in [0.1, 0.15) is 12.5 Å². The summed E-state index contributed by atoms with van der Waals surface area (Å²) >= 11 is 1.17. The minimum absolute atomic E-state index is 0.266. The Morgan fingerprint density at radius 1 is 1.04 bits per heavy atom. The Morgan fingerprint density at radius 3 is 2.38 bits per heavy atom. The molecule has 3 aromatic rings. The topological polar surface area (TPSA) is 71.1 Å². The van der Waals surface area contributed by atoms with Gasteiger partial charge in [-0.3, -0.25) is 4.72 Å². The quantitative estimate of drug-likeness (QED) is 0.690. The Bertz CT molecular complexity index is 888. The summed E-state index contributed by atoms with van der Waals surface area (Å²) in [5.41, 5.74) is 3.02. The highest BCUT2D eigenvalue weighted by atomic mass is 32.2. The minimum atomic E-state index is -3.56. The molecular weight excluding hydrogens is 342 g/mol. The average Bonchev–Trinajstić information content (AvgIpc) is 3.13. The standard InChI is InChI=1S/C17H17N3O2S2/c1-2-13-5-7-14(8-6-13)19-15-9-10-16(18-12-15)20-24(21,22)17-4-3-11-23-17/h3-12,19H,2H2,1H3,(H,18,20). The Morgan fingerprint density at radius 2 is 1.79 bits per heavy atom. The lowest BCUT2D eigenvalue weighted by atomic mass is 10.1. The first-order valence-electron chi connectivity index (χ1n) is 7.45. The van der Waals surface area contributed by atoms with Crippen molar-refractivity contribution in [3.05, 3.63) is 65.7 Å². The second-order valence-electron chi connectivity index (χ2n) is 5.15. The van der Waals surface area contributed by atoms with Gasteiger partial charge in [-0.25, -0.2) is 13.4 Å². The highest BCUT2D eigenvalue weighted by Gasteiger charge is 2.15. The number of hydrogen-bond donors (Lipinski definition) is 2. The Balaban J connectivity index is 1.69. The SMILES string of the molecule is CCc1ccc(Nc2ccc(NS(=O)(=O)c3cccs3)nc2)cc1. The van der Waals surface area contributed by atoms with Crippen molar-refractivity contribution in [1.82, 2.24) is 4.98 Å². The summed E-state index contributed by atoms with van der Waals surface area (Å²) in [5, 5.41) is 4.96. The fourth-order valence-electron chi connectivity index (χ4n) is 2.12. The zero-order valence-corrected chi connectivity index (χ0v) is 14.7. The van der Waals surface area contributed by atoms with E-state index in [9.17, 15) is 8.42 Å². The van der Waals surface area contributed by atoms with Gasteiger partial charge >= 0.3 is 0 Å². The second-order valence-corrected chi connectivity index (χ2v) is 8.00. The van der Waals surface area contributed by atoms with Crippen molar-refractivity contribution >= 4 is 38.6 Å². The van der Waals surface area contributed by atoms with E-state index in [4.69, 9.17) is 0 Å². The van der Waals surface area contributed by atoms with Crippen LogP contribution in [0.2, 0.25) is 0 Å². The van der Waals surface area contributed by atoms with Crippen LogP contribution in [0.3, 0.4) is 0 Å². The molecule has 0 unspecified atom stereocenters. The normalized spacial score (nSPS) is 11.2. The maximum Gasteiger partial charge on any atom is 0.272 e. The Hall–Kier alpha value is -2.38. The average molecular weight is 359 g/mol. The summed E-state index contributed by atoms with van der Waals surface area (Å²) in [6.07, 6.45) is 2.60. The highest BCUT2D eigenvalue weighted by Crippen LogP contribution is 2.21. The van der Waals surface area contributed by atoms with E-state index in [0.717, 1.165) is 17.8 Å². The summed E-state index contributed by atoms with van der Waals surface area (Å²) in [4.78, 5) is 4.16. The number of anilines is 3. The lowest BCUT2D eigenvalue weighted by Gasteiger charge is -2.09. The fraction of sp³-hybridized carbons (Fsp3) is 0.118. The number of aryl methyl sites for hydroxylation is 1. The van der Waals surface area contributed by atoms with Crippen LogP contribution in [0.15, 0.2) is 64.3 Å². The maximum absolute atomic E-state index is 12.1. The van der Waals surface area contributed by atoms with E-state index in [1.165, 1.54) is 16.9 Å². The van der Waals surface area contributed by atoms with Crippen molar-refractivity contribution in [2.75, 3.05) is 10.0 Å². The molecule has 0 aliphatic carbocycles. The van der Waals surface area contributed by atoms with Crippen LogP contribution >= 0.6 is 11.3 Å². The molecule has 0 aliphatic rings. The molecule has 0 saturated carbocycles. The van der Waals surface area contributed by atoms with E-state index >= 15 is 0 Å². The van der Waals surface area contributed by atoms with Gasteiger partial charge in [0.05, 0.1) is 11.9 Å². The molecule has 7 heteroatoms. The van der Waals surface area contributed by atoms with Crippen LogP contribution in [0.25, 0.3) is 0 Å². The van der Waals surface area contributed by atoms with E-state index in [1.54, 1.807) is 35.8 Å². The lowest BCUT2D eigenvalue weighted by molar-refractivity contribution is 0.603. The Kier molecular flexibility index (Phi) is 4.82. The lowest BCUT2D eigenvalue weighted by Crippen LogP contribution is -2.12. The van der Waals surface area contributed by atoms with Gasteiger partial charge in [-0.2, -0.15) is 0 Å². The number of sulfonamides is 1. The van der Waals surface area contributed by atoms with E-state index in [1.807, 2.05) is 12.1 Å². The molecule has 0 bridgehead atoms. The third kappa shape index (κ3) is 3.93. The van der Waals surface area contributed by atoms with Crippen LogP contribution in [-0.2, 0) is 16.4 Å². The van der Waals surface area contributed by atoms with Crippen LogP contribution in [0.5, 0.6) is 0 Å². The molecule has 0 amide bonds. The van der Waals surface area contributed by atoms with Gasteiger partial charge in [0.15, 0.2) is 0 Å². The van der Waals surface area contributed by atoms with Gasteiger partial charge in [-0.05, 0) is 47.7 Å². The van der Waals surface area contributed by atoms with Crippen molar-refractivity contribution in [3.8, 4) is 0 Å². The molecule has 5 nitrogen and oxygen atoms in total. The van der Waals surface area contributed by atoms with Gasteiger partial charge in [-0.1, -0.05) is 25.1 Å². The van der Waals surface area contributed by atoms with E-state index < -0.39 is 10.0 Å².